The van der Waals surface area contributed by atoms with E-state index in [0.717, 1.165) is 31.6 Å². The number of hydrogen-bond acceptors (Lipinski definition) is 4. The molecule has 96 valence electrons. The maximum atomic E-state index is 9.31. The van der Waals surface area contributed by atoms with Gasteiger partial charge >= 0.3 is 0 Å². The molecule has 0 aromatic carbocycles. The summed E-state index contributed by atoms with van der Waals surface area (Å²) in [5.41, 5.74) is 4.38. The molecule has 2 heterocycles. The Hall–Kier alpha value is -1.86. The van der Waals surface area contributed by atoms with Crippen LogP contribution in [0, 0.1) is 11.3 Å². The Morgan fingerprint density at radius 3 is 3.11 bits per heavy atom. The van der Waals surface area contributed by atoms with Crippen LogP contribution in [0.15, 0.2) is 22.9 Å². The minimum atomic E-state index is 0.693. The first-order valence-electron chi connectivity index (χ1n) is 6.43. The molecule has 2 aromatic rings. The average molecular weight is 269 g/mol. The van der Waals surface area contributed by atoms with Gasteiger partial charge in [-0.1, -0.05) is 0 Å². The smallest absolute Gasteiger partial charge is 0.146 e. The van der Waals surface area contributed by atoms with Crippen LogP contribution in [0.25, 0.3) is 0 Å². The van der Waals surface area contributed by atoms with Gasteiger partial charge in [0.25, 0.3) is 0 Å². The standard InChI is InChI=1S/C15H15N3S/c1-18(9-11-5-6-19-10-11)15-13(8-16)7-12-3-2-4-14(12)17-15/h5-7,10H,2-4,9H2,1H3. The van der Waals surface area contributed by atoms with E-state index < -0.39 is 0 Å². The van der Waals surface area contributed by atoms with Crippen molar-refractivity contribution in [3.8, 4) is 6.07 Å². The van der Waals surface area contributed by atoms with Crippen LogP contribution in [-0.4, -0.2) is 12.0 Å². The summed E-state index contributed by atoms with van der Waals surface area (Å²) < 4.78 is 0. The Morgan fingerprint density at radius 1 is 1.47 bits per heavy atom. The lowest BCUT2D eigenvalue weighted by Crippen LogP contribution is -2.19. The van der Waals surface area contributed by atoms with E-state index in [-0.39, 0.29) is 0 Å². The first-order valence-corrected chi connectivity index (χ1v) is 7.37. The molecule has 2 aromatic heterocycles. The summed E-state index contributed by atoms with van der Waals surface area (Å²) >= 11 is 1.69. The fourth-order valence-electron chi connectivity index (χ4n) is 2.57. The zero-order valence-corrected chi connectivity index (χ0v) is 11.7. The van der Waals surface area contributed by atoms with E-state index in [1.54, 1.807) is 11.3 Å². The molecule has 0 bridgehead atoms. The second kappa shape index (κ2) is 5.02. The molecular weight excluding hydrogens is 254 g/mol. The average Bonchev–Trinajstić information content (AvgIpc) is 3.07. The van der Waals surface area contributed by atoms with E-state index in [2.05, 4.69) is 27.8 Å². The summed E-state index contributed by atoms with van der Waals surface area (Å²) in [5, 5.41) is 13.5. The highest BCUT2D eigenvalue weighted by Crippen LogP contribution is 2.27. The van der Waals surface area contributed by atoms with Crippen LogP contribution in [0.3, 0.4) is 0 Å². The third kappa shape index (κ3) is 2.34. The second-order valence-corrected chi connectivity index (χ2v) is 5.70. The van der Waals surface area contributed by atoms with Gasteiger partial charge < -0.3 is 4.90 Å². The lowest BCUT2D eigenvalue weighted by Gasteiger charge is -2.19. The topological polar surface area (TPSA) is 39.9 Å². The zero-order chi connectivity index (χ0) is 13.2. The quantitative estimate of drug-likeness (QED) is 0.859. The third-order valence-electron chi connectivity index (χ3n) is 3.51. The van der Waals surface area contributed by atoms with Crippen LogP contribution >= 0.6 is 11.3 Å². The molecule has 19 heavy (non-hydrogen) atoms. The Morgan fingerprint density at radius 2 is 2.37 bits per heavy atom. The van der Waals surface area contributed by atoms with Crippen LogP contribution in [0.2, 0.25) is 0 Å². The zero-order valence-electron chi connectivity index (χ0n) is 10.9. The number of rotatable bonds is 3. The van der Waals surface area contributed by atoms with Crippen molar-refractivity contribution >= 4 is 17.2 Å². The lowest BCUT2D eigenvalue weighted by molar-refractivity contribution is 0.874. The fourth-order valence-corrected chi connectivity index (χ4v) is 3.23. The van der Waals surface area contributed by atoms with E-state index >= 15 is 0 Å². The largest absolute Gasteiger partial charge is 0.354 e. The van der Waals surface area contributed by atoms with Gasteiger partial charge in [0.05, 0.1) is 5.56 Å². The van der Waals surface area contributed by atoms with Crippen LogP contribution in [0.5, 0.6) is 0 Å². The van der Waals surface area contributed by atoms with Gasteiger partial charge in [0, 0.05) is 19.3 Å². The Labute approximate surface area is 117 Å². The van der Waals surface area contributed by atoms with E-state index in [1.807, 2.05) is 13.1 Å². The van der Waals surface area contributed by atoms with Crippen LogP contribution in [0.1, 0.15) is 28.8 Å². The van der Waals surface area contributed by atoms with Gasteiger partial charge in [0.15, 0.2) is 0 Å². The summed E-state index contributed by atoms with van der Waals surface area (Å²) in [7, 11) is 2.00. The molecule has 0 fully saturated rings. The van der Waals surface area contributed by atoms with Crippen LogP contribution in [-0.2, 0) is 19.4 Å². The van der Waals surface area contributed by atoms with Crippen LogP contribution < -0.4 is 4.90 Å². The molecule has 1 aliphatic rings. The van der Waals surface area contributed by atoms with Gasteiger partial charge in [-0.25, -0.2) is 4.98 Å². The molecule has 0 N–H and O–H groups in total. The van der Waals surface area contributed by atoms with E-state index in [9.17, 15) is 5.26 Å². The fraction of sp³-hybridized carbons (Fsp3) is 0.333. The van der Waals surface area contributed by atoms with Gasteiger partial charge in [0.2, 0.25) is 0 Å². The molecule has 4 heteroatoms. The molecule has 0 unspecified atom stereocenters. The van der Waals surface area contributed by atoms with Gasteiger partial charge in [-0.2, -0.15) is 16.6 Å². The molecule has 0 radical (unpaired) electrons. The highest BCUT2D eigenvalue weighted by Gasteiger charge is 2.18. The number of fused-ring (bicyclic) bond motifs is 1. The molecule has 0 amide bonds. The van der Waals surface area contributed by atoms with Gasteiger partial charge in [-0.05, 0) is 53.3 Å². The number of nitrogens with zero attached hydrogens (tertiary/aromatic N) is 3. The maximum absolute atomic E-state index is 9.31. The summed E-state index contributed by atoms with van der Waals surface area (Å²) in [6, 6.07) is 6.42. The van der Waals surface area contributed by atoms with Crippen molar-refractivity contribution in [1.82, 2.24) is 4.98 Å². The molecule has 0 aliphatic heterocycles. The lowest BCUT2D eigenvalue weighted by atomic mass is 10.1. The number of hydrogen-bond donors (Lipinski definition) is 0. The van der Waals surface area contributed by atoms with Gasteiger partial charge in [-0.15, -0.1) is 0 Å². The number of nitriles is 1. The molecule has 0 saturated heterocycles. The molecule has 0 atom stereocenters. The molecular formula is C15H15N3S. The summed E-state index contributed by atoms with van der Waals surface area (Å²) in [5.74, 6) is 0.814. The minimum Gasteiger partial charge on any atom is -0.354 e. The van der Waals surface area contributed by atoms with E-state index in [1.165, 1.54) is 16.8 Å². The molecule has 0 spiro atoms. The highest BCUT2D eigenvalue weighted by atomic mass is 32.1. The minimum absolute atomic E-state index is 0.693. The van der Waals surface area contributed by atoms with E-state index in [4.69, 9.17) is 4.98 Å². The van der Waals surface area contributed by atoms with Crippen molar-refractivity contribution in [2.75, 3.05) is 11.9 Å². The first-order chi connectivity index (χ1) is 9.28. The van der Waals surface area contributed by atoms with Gasteiger partial charge in [-0.3, -0.25) is 0 Å². The predicted molar refractivity (Wildman–Crippen MR) is 77.4 cm³/mol. The van der Waals surface area contributed by atoms with Crippen molar-refractivity contribution in [2.45, 2.75) is 25.8 Å². The number of pyridine rings is 1. The molecule has 3 nitrogen and oxygen atoms in total. The molecule has 3 rings (SSSR count). The number of anilines is 1. The number of thiophene rings is 1. The Balaban J connectivity index is 1.93. The Kier molecular flexibility index (Phi) is 3.22. The number of aryl methyl sites for hydroxylation is 2. The SMILES string of the molecule is CN(Cc1ccsc1)c1nc2c(cc1C#N)CCC2. The summed E-state index contributed by atoms with van der Waals surface area (Å²) in [6.45, 7) is 0.796. The van der Waals surface area contributed by atoms with Crippen molar-refractivity contribution in [3.63, 3.8) is 0 Å². The molecule has 0 saturated carbocycles. The monoisotopic (exact) mass is 269 g/mol. The summed E-state index contributed by atoms with van der Waals surface area (Å²) in [6.07, 6.45) is 3.26. The van der Waals surface area contributed by atoms with Gasteiger partial charge in [0.1, 0.15) is 11.9 Å². The van der Waals surface area contributed by atoms with E-state index in [0.29, 0.717) is 5.56 Å². The van der Waals surface area contributed by atoms with Crippen molar-refractivity contribution in [1.29, 1.82) is 5.26 Å². The van der Waals surface area contributed by atoms with Crippen molar-refractivity contribution in [3.05, 3.63) is 45.3 Å². The van der Waals surface area contributed by atoms with Crippen LogP contribution in [0.4, 0.5) is 5.82 Å². The highest BCUT2D eigenvalue weighted by molar-refractivity contribution is 7.07. The maximum Gasteiger partial charge on any atom is 0.146 e. The molecule has 1 aliphatic carbocycles. The van der Waals surface area contributed by atoms with Crippen molar-refractivity contribution < 1.29 is 0 Å². The second-order valence-electron chi connectivity index (χ2n) is 4.92. The predicted octanol–water partition coefficient (Wildman–Crippen LogP) is 3.14. The Bertz CT molecular complexity index is 626. The normalized spacial score (nSPS) is 13.1. The first kappa shape index (κ1) is 12.2. The number of aromatic nitrogens is 1. The third-order valence-corrected chi connectivity index (χ3v) is 4.24. The summed E-state index contributed by atoms with van der Waals surface area (Å²) in [4.78, 5) is 6.78. The van der Waals surface area contributed by atoms with Crippen molar-refractivity contribution in [2.24, 2.45) is 0 Å².